The number of hydrogen-bond acceptors (Lipinski definition) is 4. The Bertz CT molecular complexity index is 905. The molecule has 0 amide bonds. The first kappa shape index (κ1) is 19.0. The van der Waals surface area contributed by atoms with Crippen LogP contribution in [0.5, 0.6) is 0 Å². The van der Waals surface area contributed by atoms with E-state index in [9.17, 15) is 13.2 Å². The van der Waals surface area contributed by atoms with Gasteiger partial charge in [-0.25, -0.2) is 13.2 Å². The van der Waals surface area contributed by atoms with Gasteiger partial charge >= 0.3 is 5.97 Å². The summed E-state index contributed by atoms with van der Waals surface area (Å²) in [6.45, 7) is 7.42. The van der Waals surface area contributed by atoms with E-state index in [2.05, 4.69) is 11.3 Å². The number of nitrogens with one attached hydrogen (secondary N) is 1. The third kappa shape index (κ3) is 4.61. The molecule has 0 unspecified atom stereocenters. The second-order valence-electron chi connectivity index (χ2n) is 5.31. The highest BCUT2D eigenvalue weighted by molar-refractivity contribution is 7.92. The quantitative estimate of drug-likeness (QED) is 0.607. The molecule has 5 nitrogen and oxygen atoms in total. The average Bonchev–Trinajstić information content (AvgIpc) is 2.54. The first-order chi connectivity index (χ1) is 11.7. The number of anilines is 1. The van der Waals surface area contributed by atoms with Crippen LogP contribution < -0.4 is 4.72 Å². The van der Waals surface area contributed by atoms with Gasteiger partial charge < -0.3 is 4.74 Å². The van der Waals surface area contributed by atoms with Gasteiger partial charge in [0, 0.05) is 10.6 Å². The van der Waals surface area contributed by atoms with E-state index in [-0.39, 0.29) is 22.8 Å². The zero-order valence-corrected chi connectivity index (χ0v) is 15.4. The predicted molar refractivity (Wildman–Crippen MR) is 99.1 cm³/mol. The summed E-state index contributed by atoms with van der Waals surface area (Å²) in [5.74, 6) is -0.624. The fourth-order valence-corrected chi connectivity index (χ4v) is 3.36. The van der Waals surface area contributed by atoms with Crippen molar-refractivity contribution in [3.63, 3.8) is 0 Å². The van der Waals surface area contributed by atoms with Crippen LogP contribution in [0.25, 0.3) is 5.57 Å². The zero-order valence-electron chi connectivity index (χ0n) is 13.9. The molecule has 0 aliphatic heterocycles. The van der Waals surface area contributed by atoms with Gasteiger partial charge in [-0.3, -0.25) is 4.72 Å². The molecule has 0 radical (unpaired) electrons. The van der Waals surface area contributed by atoms with Gasteiger partial charge in [-0.05, 0) is 38.1 Å². The standard InChI is InChI=1S/C18H18ClNO4S/c1-4-24-18(21)13(3)16-10-7-14(19)11-17(16)20-25(22,23)15-8-5-12(2)6-9-15/h5-11,20H,3-4H2,1-2H3. The van der Waals surface area contributed by atoms with Crippen LogP contribution in [0.4, 0.5) is 5.69 Å². The lowest BCUT2D eigenvalue weighted by molar-refractivity contribution is -0.136. The molecule has 0 atom stereocenters. The summed E-state index contributed by atoms with van der Waals surface area (Å²) in [6, 6.07) is 10.9. The number of hydrogen-bond donors (Lipinski definition) is 1. The summed E-state index contributed by atoms with van der Waals surface area (Å²) in [5, 5.41) is 0.321. The molecule has 7 heteroatoms. The Kier molecular flexibility index (Phi) is 5.87. The van der Waals surface area contributed by atoms with Crippen LogP contribution in [0.15, 0.2) is 53.9 Å². The molecular weight excluding hydrogens is 362 g/mol. The molecular formula is C18H18ClNO4S. The third-order valence-electron chi connectivity index (χ3n) is 3.40. The monoisotopic (exact) mass is 379 g/mol. The van der Waals surface area contributed by atoms with Crippen molar-refractivity contribution < 1.29 is 17.9 Å². The second-order valence-corrected chi connectivity index (χ2v) is 7.43. The molecule has 0 aliphatic carbocycles. The minimum Gasteiger partial charge on any atom is -0.462 e. The first-order valence-corrected chi connectivity index (χ1v) is 9.36. The maximum Gasteiger partial charge on any atom is 0.338 e. The largest absolute Gasteiger partial charge is 0.462 e. The Hall–Kier alpha value is -2.31. The van der Waals surface area contributed by atoms with E-state index in [1.165, 1.54) is 24.3 Å². The van der Waals surface area contributed by atoms with E-state index < -0.39 is 16.0 Å². The van der Waals surface area contributed by atoms with Gasteiger partial charge in [-0.2, -0.15) is 0 Å². The van der Waals surface area contributed by atoms with Crippen LogP contribution in [-0.2, 0) is 19.6 Å². The number of carbonyl (C=O) groups is 1. The summed E-state index contributed by atoms with van der Waals surface area (Å²) in [6.07, 6.45) is 0. The molecule has 0 aromatic heterocycles. The molecule has 0 aliphatic rings. The van der Waals surface area contributed by atoms with Gasteiger partial charge in [0.1, 0.15) is 0 Å². The van der Waals surface area contributed by atoms with E-state index >= 15 is 0 Å². The van der Waals surface area contributed by atoms with Gasteiger partial charge in [0.2, 0.25) is 0 Å². The maximum absolute atomic E-state index is 12.6. The fraction of sp³-hybridized carbons (Fsp3) is 0.167. The second kappa shape index (κ2) is 7.72. The van der Waals surface area contributed by atoms with Crippen molar-refractivity contribution in [2.24, 2.45) is 0 Å². The molecule has 0 saturated carbocycles. The number of aryl methyl sites for hydroxylation is 1. The van der Waals surface area contributed by atoms with Crippen LogP contribution in [0.3, 0.4) is 0 Å². The summed E-state index contributed by atoms with van der Waals surface area (Å²) in [5.41, 5.74) is 1.45. The molecule has 0 saturated heterocycles. The average molecular weight is 380 g/mol. The van der Waals surface area contributed by atoms with Crippen molar-refractivity contribution in [1.29, 1.82) is 0 Å². The summed E-state index contributed by atoms with van der Waals surface area (Å²) < 4.78 is 32.6. The molecule has 0 spiro atoms. The number of ether oxygens (including phenoxy) is 1. The maximum atomic E-state index is 12.6. The van der Waals surface area contributed by atoms with Crippen molar-refractivity contribution in [1.82, 2.24) is 0 Å². The van der Waals surface area contributed by atoms with Crippen LogP contribution in [0.2, 0.25) is 5.02 Å². The van der Waals surface area contributed by atoms with Crippen molar-refractivity contribution >= 4 is 38.9 Å². The lowest BCUT2D eigenvalue weighted by Gasteiger charge is -2.14. The molecule has 1 N–H and O–H groups in total. The van der Waals surface area contributed by atoms with Crippen molar-refractivity contribution in [2.45, 2.75) is 18.7 Å². The van der Waals surface area contributed by atoms with E-state index in [4.69, 9.17) is 16.3 Å². The van der Waals surface area contributed by atoms with Crippen LogP contribution in [0, 0.1) is 6.92 Å². The van der Waals surface area contributed by atoms with E-state index in [0.29, 0.717) is 10.6 Å². The Morgan fingerprint density at radius 1 is 1.20 bits per heavy atom. The lowest BCUT2D eigenvalue weighted by Crippen LogP contribution is -2.15. The van der Waals surface area contributed by atoms with Crippen molar-refractivity contribution in [2.75, 3.05) is 11.3 Å². The normalized spacial score (nSPS) is 11.0. The molecule has 0 bridgehead atoms. The SMILES string of the molecule is C=C(C(=O)OCC)c1ccc(Cl)cc1NS(=O)(=O)c1ccc(C)cc1. The number of sulfonamides is 1. The molecule has 0 heterocycles. The minimum absolute atomic E-state index is 0.0418. The minimum atomic E-state index is -3.84. The number of esters is 1. The van der Waals surface area contributed by atoms with E-state index in [1.807, 2.05) is 6.92 Å². The number of rotatable bonds is 6. The van der Waals surface area contributed by atoms with Gasteiger partial charge in [0.15, 0.2) is 0 Å². The van der Waals surface area contributed by atoms with Crippen molar-refractivity contribution in [3.8, 4) is 0 Å². The van der Waals surface area contributed by atoms with Gasteiger partial charge in [-0.1, -0.05) is 41.9 Å². The predicted octanol–water partition coefficient (Wildman–Crippen LogP) is 4.03. The van der Waals surface area contributed by atoms with Crippen LogP contribution >= 0.6 is 11.6 Å². The number of halogens is 1. The molecule has 2 aromatic rings. The summed E-state index contributed by atoms with van der Waals surface area (Å²) >= 11 is 5.98. The van der Waals surface area contributed by atoms with Gasteiger partial charge in [-0.15, -0.1) is 0 Å². The third-order valence-corrected chi connectivity index (χ3v) is 5.02. The highest BCUT2D eigenvalue weighted by Crippen LogP contribution is 2.29. The van der Waals surface area contributed by atoms with Crippen LogP contribution in [0.1, 0.15) is 18.1 Å². The van der Waals surface area contributed by atoms with Crippen LogP contribution in [-0.4, -0.2) is 21.0 Å². The molecule has 0 fully saturated rings. The molecule has 2 rings (SSSR count). The Balaban J connectivity index is 2.41. The smallest absolute Gasteiger partial charge is 0.338 e. The summed E-state index contributed by atoms with van der Waals surface area (Å²) in [4.78, 5) is 12.0. The Labute approximate surface area is 152 Å². The number of benzene rings is 2. The highest BCUT2D eigenvalue weighted by Gasteiger charge is 2.20. The fourth-order valence-electron chi connectivity index (χ4n) is 2.11. The number of carbonyl (C=O) groups excluding carboxylic acids is 1. The highest BCUT2D eigenvalue weighted by atomic mass is 35.5. The topological polar surface area (TPSA) is 72.5 Å². The van der Waals surface area contributed by atoms with E-state index in [1.54, 1.807) is 25.1 Å². The summed E-state index contributed by atoms with van der Waals surface area (Å²) in [7, 11) is -3.84. The lowest BCUT2D eigenvalue weighted by atomic mass is 10.1. The molecule has 25 heavy (non-hydrogen) atoms. The van der Waals surface area contributed by atoms with Crippen molar-refractivity contribution in [3.05, 3.63) is 65.2 Å². The Morgan fingerprint density at radius 2 is 1.84 bits per heavy atom. The van der Waals surface area contributed by atoms with Gasteiger partial charge in [0.25, 0.3) is 10.0 Å². The van der Waals surface area contributed by atoms with E-state index in [0.717, 1.165) is 5.56 Å². The first-order valence-electron chi connectivity index (χ1n) is 7.50. The zero-order chi connectivity index (χ0) is 18.6. The molecule has 2 aromatic carbocycles. The van der Waals surface area contributed by atoms with Gasteiger partial charge in [0.05, 0.1) is 22.8 Å². The molecule has 132 valence electrons. The Morgan fingerprint density at radius 3 is 2.44 bits per heavy atom.